The van der Waals surface area contributed by atoms with Gasteiger partial charge in [-0.25, -0.2) is 0 Å². The van der Waals surface area contributed by atoms with E-state index in [2.05, 4.69) is 47.8 Å². The molecule has 0 saturated carbocycles. The molecule has 0 fully saturated rings. The van der Waals surface area contributed by atoms with Gasteiger partial charge in [-0.15, -0.1) is 0 Å². The van der Waals surface area contributed by atoms with E-state index in [4.69, 9.17) is 16.3 Å². The average molecular weight is 379 g/mol. The Labute approximate surface area is 101 Å². The third-order valence-electron chi connectivity index (χ3n) is 1.06. The summed E-state index contributed by atoms with van der Waals surface area (Å²) < 4.78 is 4.60. The van der Waals surface area contributed by atoms with E-state index in [1.165, 1.54) is 0 Å². The van der Waals surface area contributed by atoms with Gasteiger partial charge in [0.2, 0.25) is 0 Å². The summed E-state index contributed by atoms with van der Waals surface area (Å²) in [7, 11) is 0. The fraction of sp³-hybridized carbons (Fsp3) is 0.143. The van der Waals surface area contributed by atoms with Gasteiger partial charge in [-0.2, -0.15) is 0 Å². The van der Waals surface area contributed by atoms with Crippen LogP contribution in [-0.4, -0.2) is 2.33 Å². The van der Waals surface area contributed by atoms with Crippen molar-refractivity contribution in [2.24, 2.45) is 0 Å². The molecule has 0 amide bonds. The maximum absolute atomic E-state index is 5.84. The largest absolute Gasteiger partial charge is 0.455 e. The van der Waals surface area contributed by atoms with Crippen molar-refractivity contribution in [1.82, 2.24) is 0 Å². The first kappa shape index (κ1) is 10.8. The van der Waals surface area contributed by atoms with E-state index >= 15 is 0 Å². The third-order valence-corrected chi connectivity index (χ3v) is 1.86. The summed E-state index contributed by atoms with van der Waals surface area (Å²) in [6.45, 7) is 0. The first-order chi connectivity index (χ1) is 5.49. The van der Waals surface area contributed by atoms with Crippen LogP contribution in [-0.2, 0) is 0 Å². The Kier molecular flexibility index (Phi) is 3.89. The molecule has 0 aliphatic rings. The Hall–Kier alpha value is 0.750. The summed E-state index contributed by atoms with van der Waals surface area (Å²) in [6.07, 6.45) is 0. The molecule has 0 aliphatic carbocycles. The number of hydrogen-bond acceptors (Lipinski definition) is 1. The molecule has 66 valence electrons. The number of hydrogen-bond donors (Lipinski definition) is 0. The molecule has 0 heterocycles. The Balaban J connectivity index is 2.83. The van der Waals surface area contributed by atoms with Crippen molar-refractivity contribution in [1.29, 1.82) is 0 Å². The van der Waals surface area contributed by atoms with E-state index in [0.29, 0.717) is 10.8 Å². The first-order valence-electron chi connectivity index (χ1n) is 2.99. The highest BCUT2D eigenvalue weighted by molar-refractivity contribution is 9.39. The van der Waals surface area contributed by atoms with Crippen LogP contribution >= 0.6 is 59.4 Å². The fourth-order valence-corrected chi connectivity index (χ4v) is 1.35. The number of halogens is 4. The van der Waals surface area contributed by atoms with E-state index in [0.717, 1.165) is 0 Å². The van der Waals surface area contributed by atoms with Crippen molar-refractivity contribution < 1.29 is 4.74 Å². The lowest BCUT2D eigenvalue weighted by Gasteiger charge is -2.15. The molecule has 0 atom stereocenters. The molecular formula is C7H4Br3ClO. The van der Waals surface area contributed by atoms with Crippen molar-refractivity contribution >= 4 is 59.4 Å². The minimum absolute atomic E-state index is 0.570. The van der Waals surface area contributed by atoms with Crippen LogP contribution in [0, 0.1) is 0 Å². The molecule has 0 radical (unpaired) electrons. The highest BCUT2D eigenvalue weighted by Crippen LogP contribution is 2.38. The molecule has 1 rings (SSSR count). The summed E-state index contributed by atoms with van der Waals surface area (Å²) in [5, 5.41) is 0.570. The zero-order valence-electron chi connectivity index (χ0n) is 5.73. The normalized spacial score (nSPS) is 11.3. The van der Waals surface area contributed by atoms with Crippen LogP contribution in [0.4, 0.5) is 0 Å². The lowest BCUT2D eigenvalue weighted by Crippen LogP contribution is -2.10. The molecule has 0 spiro atoms. The summed E-state index contributed by atoms with van der Waals surface area (Å²) >= 11 is 15.4. The Morgan fingerprint density at radius 1 is 1.17 bits per heavy atom. The molecule has 5 heteroatoms. The SMILES string of the molecule is Clc1ccccc1OC(Br)(Br)Br. The minimum atomic E-state index is -0.752. The molecule has 0 aromatic heterocycles. The highest BCUT2D eigenvalue weighted by atomic mass is 80.0. The Bertz CT molecular complexity index is 272. The monoisotopic (exact) mass is 376 g/mol. The standard InChI is InChI=1S/C7H4Br3ClO/c8-7(9,10)12-6-4-2-1-3-5(6)11/h1-4H. The zero-order chi connectivity index (χ0) is 9.19. The van der Waals surface area contributed by atoms with Crippen LogP contribution in [0.1, 0.15) is 0 Å². The van der Waals surface area contributed by atoms with Crippen LogP contribution in [0.5, 0.6) is 5.75 Å². The predicted octanol–water partition coefficient (Wildman–Crippen LogP) is 4.51. The van der Waals surface area contributed by atoms with Crippen LogP contribution in [0.15, 0.2) is 24.3 Å². The highest BCUT2D eigenvalue weighted by Gasteiger charge is 2.20. The van der Waals surface area contributed by atoms with Crippen molar-refractivity contribution in [3.05, 3.63) is 29.3 Å². The molecule has 0 bridgehead atoms. The van der Waals surface area contributed by atoms with Crippen molar-refractivity contribution in [2.45, 2.75) is 2.33 Å². The maximum atomic E-state index is 5.84. The lowest BCUT2D eigenvalue weighted by molar-refractivity contribution is 0.357. The maximum Gasteiger partial charge on any atom is 0.272 e. The summed E-state index contributed by atoms with van der Waals surface area (Å²) in [5.41, 5.74) is 0. The van der Waals surface area contributed by atoms with Gasteiger partial charge in [0.1, 0.15) is 5.75 Å². The van der Waals surface area contributed by atoms with E-state index in [1.807, 2.05) is 12.1 Å². The number of benzene rings is 1. The second-order valence-electron chi connectivity index (χ2n) is 1.98. The number of ether oxygens (including phenoxy) is 1. The molecular weight excluding hydrogens is 375 g/mol. The molecule has 0 aliphatic heterocycles. The Morgan fingerprint density at radius 2 is 1.75 bits per heavy atom. The predicted molar refractivity (Wildman–Crippen MR) is 61.6 cm³/mol. The van der Waals surface area contributed by atoms with Crippen LogP contribution in [0.2, 0.25) is 5.02 Å². The summed E-state index contributed by atoms with van der Waals surface area (Å²) in [5.74, 6) is 0.602. The van der Waals surface area contributed by atoms with Gasteiger partial charge in [0.05, 0.1) is 5.02 Å². The van der Waals surface area contributed by atoms with Gasteiger partial charge in [0.15, 0.2) is 0 Å². The number of para-hydroxylation sites is 1. The first-order valence-corrected chi connectivity index (χ1v) is 5.75. The minimum Gasteiger partial charge on any atom is -0.455 e. The van der Waals surface area contributed by atoms with Gasteiger partial charge in [0, 0.05) is 0 Å². The van der Waals surface area contributed by atoms with Crippen molar-refractivity contribution in [3.8, 4) is 5.75 Å². The lowest BCUT2D eigenvalue weighted by atomic mass is 10.3. The van der Waals surface area contributed by atoms with Gasteiger partial charge < -0.3 is 4.74 Å². The second-order valence-corrected chi connectivity index (χ2v) is 8.93. The molecule has 0 N–H and O–H groups in total. The molecule has 0 unspecified atom stereocenters. The van der Waals surface area contributed by atoms with E-state index in [1.54, 1.807) is 12.1 Å². The van der Waals surface area contributed by atoms with E-state index < -0.39 is 2.33 Å². The number of rotatable bonds is 1. The molecule has 1 nitrogen and oxygen atoms in total. The summed E-state index contributed by atoms with van der Waals surface area (Å²) in [4.78, 5) is 0. The van der Waals surface area contributed by atoms with Crippen molar-refractivity contribution in [2.75, 3.05) is 0 Å². The summed E-state index contributed by atoms with van der Waals surface area (Å²) in [6, 6.07) is 7.23. The molecule has 0 saturated heterocycles. The zero-order valence-corrected chi connectivity index (χ0v) is 11.2. The van der Waals surface area contributed by atoms with Gasteiger partial charge in [-0.1, -0.05) is 23.7 Å². The van der Waals surface area contributed by atoms with E-state index in [-0.39, 0.29) is 0 Å². The van der Waals surface area contributed by atoms with Crippen LogP contribution in [0.3, 0.4) is 0 Å². The molecule has 1 aromatic rings. The fourth-order valence-electron chi connectivity index (χ4n) is 0.652. The van der Waals surface area contributed by atoms with Gasteiger partial charge in [-0.3, -0.25) is 0 Å². The molecule has 1 aromatic carbocycles. The van der Waals surface area contributed by atoms with Crippen LogP contribution < -0.4 is 4.74 Å². The van der Waals surface area contributed by atoms with Gasteiger partial charge in [-0.05, 0) is 59.9 Å². The van der Waals surface area contributed by atoms with Gasteiger partial charge in [0.25, 0.3) is 2.33 Å². The third kappa shape index (κ3) is 3.64. The Morgan fingerprint density at radius 3 is 2.25 bits per heavy atom. The number of alkyl halides is 3. The second kappa shape index (κ2) is 4.31. The van der Waals surface area contributed by atoms with Crippen LogP contribution in [0.25, 0.3) is 0 Å². The average Bonchev–Trinajstić information content (AvgIpc) is 1.91. The smallest absolute Gasteiger partial charge is 0.272 e. The van der Waals surface area contributed by atoms with Gasteiger partial charge >= 0.3 is 0 Å². The quantitative estimate of drug-likeness (QED) is 0.653. The topological polar surface area (TPSA) is 9.23 Å². The van der Waals surface area contributed by atoms with Crippen molar-refractivity contribution in [3.63, 3.8) is 0 Å². The van der Waals surface area contributed by atoms with E-state index in [9.17, 15) is 0 Å². The molecule has 12 heavy (non-hydrogen) atoms.